The Balaban J connectivity index is 2.51. The van der Waals surface area contributed by atoms with E-state index in [1.165, 1.54) is 20.3 Å². The van der Waals surface area contributed by atoms with E-state index in [2.05, 4.69) is 4.74 Å². The fraction of sp³-hybridized carbons (Fsp3) is 0.214. The molecule has 0 aromatic heterocycles. The predicted octanol–water partition coefficient (Wildman–Crippen LogP) is 1.85. The SMILES string of the molecule is COC(=O)Cc1cccc2c1C(=O)C=C(OC)C2=S. The zero-order valence-corrected chi connectivity index (χ0v) is 11.4. The molecule has 0 aliphatic heterocycles. The zero-order valence-electron chi connectivity index (χ0n) is 10.6. The normalized spacial score (nSPS) is 13.7. The average Bonchev–Trinajstić information content (AvgIpc) is 2.42. The molecular weight excluding hydrogens is 264 g/mol. The monoisotopic (exact) mass is 276 g/mol. The molecule has 1 aromatic carbocycles. The Bertz CT molecular complexity index is 601. The summed E-state index contributed by atoms with van der Waals surface area (Å²) in [6.07, 6.45) is 1.40. The first kappa shape index (κ1) is 13.4. The molecule has 1 aliphatic carbocycles. The average molecular weight is 276 g/mol. The van der Waals surface area contributed by atoms with Crippen molar-refractivity contribution < 1.29 is 19.1 Å². The second-order valence-electron chi connectivity index (χ2n) is 4.00. The number of ketones is 1. The van der Waals surface area contributed by atoms with Crippen molar-refractivity contribution in [1.29, 1.82) is 0 Å². The highest BCUT2D eigenvalue weighted by Crippen LogP contribution is 2.26. The van der Waals surface area contributed by atoms with E-state index in [0.717, 1.165) is 0 Å². The van der Waals surface area contributed by atoms with Gasteiger partial charge in [0.2, 0.25) is 0 Å². The first-order valence-electron chi connectivity index (χ1n) is 5.62. The Morgan fingerprint density at radius 2 is 2.05 bits per heavy atom. The van der Waals surface area contributed by atoms with Crippen molar-refractivity contribution in [3.05, 3.63) is 46.7 Å². The lowest BCUT2D eigenvalue weighted by Crippen LogP contribution is -2.20. The van der Waals surface area contributed by atoms with Crippen LogP contribution in [0, 0.1) is 0 Å². The fourth-order valence-corrected chi connectivity index (χ4v) is 2.31. The molecule has 2 rings (SSSR count). The minimum Gasteiger partial charge on any atom is -0.495 e. The maximum Gasteiger partial charge on any atom is 0.310 e. The van der Waals surface area contributed by atoms with Crippen LogP contribution >= 0.6 is 12.2 Å². The van der Waals surface area contributed by atoms with Crippen molar-refractivity contribution >= 4 is 28.8 Å². The Morgan fingerprint density at radius 3 is 2.68 bits per heavy atom. The largest absolute Gasteiger partial charge is 0.495 e. The van der Waals surface area contributed by atoms with Gasteiger partial charge in [-0.25, -0.2) is 0 Å². The molecule has 0 amide bonds. The van der Waals surface area contributed by atoms with Gasteiger partial charge < -0.3 is 9.47 Å². The number of hydrogen-bond donors (Lipinski definition) is 0. The van der Waals surface area contributed by atoms with Crippen LogP contribution < -0.4 is 0 Å². The number of methoxy groups -OCH3 is 2. The van der Waals surface area contributed by atoms with Crippen LogP contribution in [-0.2, 0) is 20.7 Å². The molecule has 0 heterocycles. The molecule has 1 aromatic rings. The van der Waals surface area contributed by atoms with Gasteiger partial charge in [0.1, 0.15) is 5.76 Å². The number of fused-ring (bicyclic) bond motifs is 1. The van der Waals surface area contributed by atoms with Crippen molar-refractivity contribution in [3.63, 3.8) is 0 Å². The molecule has 0 spiro atoms. The van der Waals surface area contributed by atoms with Gasteiger partial charge in [-0.3, -0.25) is 9.59 Å². The van der Waals surface area contributed by atoms with E-state index in [9.17, 15) is 9.59 Å². The topological polar surface area (TPSA) is 52.6 Å². The summed E-state index contributed by atoms with van der Waals surface area (Å²) < 4.78 is 9.71. The van der Waals surface area contributed by atoms with E-state index in [0.29, 0.717) is 27.3 Å². The lowest BCUT2D eigenvalue weighted by molar-refractivity contribution is -0.139. The number of allylic oxidation sites excluding steroid dienone is 2. The Kier molecular flexibility index (Phi) is 3.76. The van der Waals surface area contributed by atoms with Gasteiger partial charge in [0.15, 0.2) is 5.78 Å². The number of rotatable bonds is 3. The van der Waals surface area contributed by atoms with Crippen LogP contribution in [0.4, 0.5) is 0 Å². The van der Waals surface area contributed by atoms with Crippen molar-refractivity contribution in [2.45, 2.75) is 6.42 Å². The summed E-state index contributed by atoms with van der Waals surface area (Å²) in [6, 6.07) is 5.24. The van der Waals surface area contributed by atoms with Gasteiger partial charge in [-0.2, -0.15) is 0 Å². The first-order chi connectivity index (χ1) is 9.08. The predicted molar refractivity (Wildman–Crippen MR) is 73.3 cm³/mol. The van der Waals surface area contributed by atoms with Crippen molar-refractivity contribution in [2.24, 2.45) is 0 Å². The van der Waals surface area contributed by atoms with Crippen LogP contribution in [0.25, 0.3) is 0 Å². The maximum absolute atomic E-state index is 12.1. The van der Waals surface area contributed by atoms with E-state index in [1.807, 2.05) is 0 Å². The molecule has 0 bridgehead atoms. The third-order valence-electron chi connectivity index (χ3n) is 2.91. The van der Waals surface area contributed by atoms with E-state index < -0.39 is 5.97 Å². The molecule has 1 aliphatic rings. The smallest absolute Gasteiger partial charge is 0.310 e. The summed E-state index contributed by atoms with van der Waals surface area (Å²) in [7, 11) is 2.78. The fourth-order valence-electron chi connectivity index (χ4n) is 2.00. The minimum atomic E-state index is -0.395. The van der Waals surface area contributed by atoms with E-state index >= 15 is 0 Å². The van der Waals surface area contributed by atoms with Crippen molar-refractivity contribution in [3.8, 4) is 0 Å². The highest BCUT2D eigenvalue weighted by molar-refractivity contribution is 7.81. The molecule has 0 saturated heterocycles. The lowest BCUT2D eigenvalue weighted by Gasteiger charge is -2.18. The first-order valence-corrected chi connectivity index (χ1v) is 6.02. The minimum absolute atomic E-state index is 0.0458. The summed E-state index contributed by atoms with van der Waals surface area (Å²) in [5.41, 5.74) is 1.70. The van der Waals surface area contributed by atoms with Crippen LogP contribution in [0.3, 0.4) is 0 Å². The molecule has 0 unspecified atom stereocenters. The molecule has 0 atom stereocenters. The van der Waals surface area contributed by atoms with Gasteiger partial charge >= 0.3 is 5.97 Å². The van der Waals surface area contributed by atoms with Crippen LogP contribution in [0.2, 0.25) is 0 Å². The van der Waals surface area contributed by atoms with Crippen molar-refractivity contribution in [2.75, 3.05) is 14.2 Å². The maximum atomic E-state index is 12.1. The number of ether oxygens (including phenoxy) is 2. The third-order valence-corrected chi connectivity index (χ3v) is 3.33. The lowest BCUT2D eigenvalue weighted by atomic mass is 9.89. The summed E-state index contributed by atoms with van der Waals surface area (Å²) in [5.74, 6) is -0.226. The number of benzene rings is 1. The molecule has 0 fully saturated rings. The molecule has 98 valence electrons. The van der Waals surface area contributed by atoms with E-state index in [-0.39, 0.29) is 12.2 Å². The zero-order chi connectivity index (χ0) is 14.0. The standard InChI is InChI=1S/C14H12O4S/c1-17-11-7-10(15)13-8(6-12(16)18-2)4-3-5-9(13)14(11)19/h3-5,7H,6H2,1-2H3. The number of esters is 1. The molecule has 0 radical (unpaired) electrons. The third kappa shape index (κ3) is 2.42. The Morgan fingerprint density at radius 1 is 1.32 bits per heavy atom. The summed E-state index contributed by atoms with van der Waals surface area (Å²) in [6.45, 7) is 0. The second-order valence-corrected chi connectivity index (χ2v) is 4.41. The van der Waals surface area contributed by atoms with Crippen LogP contribution in [0.15, 0.2) is 30.0 Å². The van der Waals surface area contributed by atoms with Gasteiger partial charge in [0.25, 0.3) is 0 Å². The molecule has 0 saturated carbocycles. The number of carbonyl (C=O) groups excluding carboxylic acids is 2. The van der Waals surface area contributed by atoms with Crippen LogP contribution in [-0.4, -0.2) is 30.8 Å². The van der Waals surface area contributed by atoms with E-state index in [4.69, 9.17) is 17.0 Å². The van der Waals surface area contributed by atoms with Crippen LogP contribution in [0.1, 0.15) is 21.5 Å². The van der Waals surface area contributed by atoms with Gasteiger partial charge in [-0.05, 0) is 5.56 Å². The Labute approximate surface area is 116 Å². The molecule has 19 heavy (non-hydrogen) atoms. The Hall–Kier alpha value is -2.01. The van der Waals surface area contributed by atoms with E-state index in [1.54, 1.807) is 18.2 Å². The summed E-state index contributed by atoms with van der Waals surface area (Å²) in [4.78, 5) is 24.0. The quantitative estimate of drug-likeness (QED) is 0.623. The molecular formula is C14H12O4S. The molecule has 0 N–H and O–H groups in total. The molecule has 5 heteroatoms. The van der Waals surface area contributed by atoms with Gasteiger partial charge in [-0.15, -0.1) is 0 Å². The highest BCUT2D eigenvalue weighted by atomic mass is 32.1. The van der Waals surface area contributed by atoms with Crippen molar-refractivity contribution in [1.82, 2.24) is 0 Å². The number of thiocarbonyl (C=S) groups is 1. The van der Waals surface area contributed by atoms with Gasteiger partial charge in [0.05, 0.1) is 25.5 Å². The highest BCUT2D eigenvalue weighted by Gasteiger charge is 2.26. The van der Waals surface area contributed by atoms with Crippen LogP contribution in [0.5, 0.6) is 0 Å². The summed E-state index contributed by atoms with van der Waals surface area (Å²) >= 11 is 5.27. The van der Waals surface area contributed by atoms with Gasteiger partial charge in [0, 0.05) is 17.2 Å². The van der Waals surface area contributed by atoms with Gasteiger partial charge in [-0.1, -0.05) is 30.4 Å². The second kappa shape index (κ2) is 5.32. The summed E-state index contributed by atoms with van der Waals surface area (Å²) in [5, 5.41) is 0. The number of hydrogen-bond acceptors (Lipinski definition) is 5. The molecule has 4 nitrogen and oxygen atoms in total. The number of carbonyl (C=O) groups is 2.